The van der Waals surface area contributed by atoms with Gasteiger partial charge in [-0.05, 0) is 68.1 Å². The summed E-state index contributed by atoms with van der Waals surface area (Å²) >= 11 is 0. The van der Waals surface area contributed by atoms with Crippen molar-refractivity contribution in [2.45, 2.75) is 0 Å². The van der Waals surface area contributed by atoms with E-state index in [-0.39, 0.29) is 0 Å². The summed E-state index contributed by atoms with van der Waals surface area (Å²) in [4.78, 5) is 15.1. The maximum atomic E-state index is 6.61. The van der Waals surface area contributed by atoms with Crippen molar-refractivity contribution in [2.24, 2.45) is 0 Å². The van der Waals surface area contributed by atoms with Gasteiger partial charge in [-0.3, -0.25) is 0 Å². The minimum atomic E-state index is 0.583. The number of para-hydroxylation sites is 1. The molecule has 0 aliphatic rings. The number of hydrogen-bond acceptors (Lipinski definition) is 4. The highest BCUT2D eigenvalue weighted by Crippen LogP contribution is 2.45. The van der Waals surface area contributed by atoms with Crippen LogP contribution in [-0.4, -0.2) is 15.0 Å². The third-order valence-corrected chi connectivity index (χ3v) is 9.71. The van der Waals surface area contributed by atoms with Gasteiger partial charge in [0.15, 0.2) is 17.5 Å². The molecule has 10 rings (SSSR count). The lowest BCUT2D eigenvalue weighted by molar-refractivity contribution is 0.669. The van der Waals surface area contributed by atoms with Gasteiger partial charge in [0.1, 0.15) is 11.2 Å². The highest BCUT2D eigenvalue weighted by molar-refractivity contribution is 6.18. The molecule has 238 valence electrons. The van der Waals surface area contributed by atoms with Crippen molar-refractivity contribution < 1.29 is 4.42 Å². The number of rotatable bonds is 5. The van der Waals surface area contributed by atoms with E-state index in [1.807, 2.05) is 72.8 Å². The first-order chi connectivity index (χ1) is 25.3. The van der Waals surface area contributed by atoms with E-state index in [1.54, 1.807) is 0 Å². The van der Waals surface area contributed by atoms with Crippen molar-refractivity contribution in [3.05, 3.63) is 176 Å². The average Bonchev–Trinajstić information content (AvgIpc) is 3.59. The molecule has 0 N–H and O–H groups in total. The topological polar surface area (TPSA) is 51.8 Å². The maximum Gasteiger partial charge on any atom is 0.164 e. The van der Waals surface area contributed by atoms with Gasteiger partial charge in [0.05, 0.1) is 0 Å². The molecule has 0 radical (unpaired) electrons. The largest absolute Gasteiger partial charge is 0.456 e. The van der Waals surface area contributed by atoms with Gasteiger partial charge in [0.2, 0.25) is 0 Å². The molecule has 10 aromatic rings. The molecule has 51 heavy (non-hydrogen) atoms. The van der Waals surface area contributed by atoms with E-state index in [0.717, 1.165) is 55.3 Å². The van der Waals surface area contributed by atoms with E-state index in [9.17, 15) is 0 Å². The zero-order valence-corrected chi connectivity index (χ0v) is 27.5. The van der Waals surface area contributed by atoms with Gasteiger partial charge in [0.25, 0.3) is 0 Å². The number of nitrogens with zero attached hydrogens (tertiary/aromatic N) is 3. The van der Waals surface area contributed by atoms with Crippen molar-refractivity contribution in [1.29, 1.82) is 0 Å². The summed E-state index contributed by atoms with van der Waals surface area (Å²) in [7, 11) is 0. The first-order valence-corrected chi connectivity index (χ1v) is 17.1. The normalized spacial score (nSPS) is 11.5. The first-order valence-electron chi connectivity index (χ1n) is 17.1. The predicted molar refractivity (Wildman–Crippen MR) is 209 cm³/mol. The summed E-state index contributed by atoms with van der Waals surface area (Å²) in [5, 5.41) is 7.04. The fourth-order valence-corrected chi connectivity index (χ4v) is 7.36. The molecule has 4 nitrogen and oxygen atoms in total. The number of fused-ring (bicyclic) bond motifs is 6. The van der Waals surface area contributed by atoms with Crippen molar-refractivity contribution >= 4 is 43.5 Å². The zero-order chi connectivity index (χ0) is 33.7. The van der Waals surface area contributed by atoms with Crippen LogP contribution >= 0.6 is 0 Å². The lowest BCUT2D eigenvalue weighted by Crippen LogP contribution is -2.00. The van der Waals surface area contributed by atoms with Gasteiger partial charge in [-0.1, -0.05) is 152 Å². The molecule has 0 bridgehead atoms. The average molecular weight is 652 g/mol. The van der Waals surface area contributed by atoms with Crippen molar-refractivity contribution in [2.75, 3.05) is 0 Å². The Bertz CT molecular complexity index is 2860. The molecule has 0 aliphatic carbocycles. The summed E-state index contributed by atoms with van der Waals surface area (Å²) in [6, 6.07) is 61.1. The Kier molecular flexibility index (Phi) is 6.78. The Balaban J connectivity index is 1.27. The van der Waals surface area contributed by atoms with Crippen molar-refractivity contribution in [3.63, 3.8) is 0 Å². The Morgan fingerprint density at radius 2 is 0.824 bits per heavy atom. The molecule has 0 aliphatic heterocycles. The highest BCUT2D eigenvalue weighted by Gasteiger charge is 2.21. The number of aromatic nitrogens is 3. The Labute approximate surface area is 294 Å². The molecule has 0 atom stereocenters. The van der Waals surface area contributed by atoms with E-state index in [2.05, 4.69) is 103 Å². The SMILES string of the molecule is c1ccc(-c2nc(-c3ccccc3)nc(-c3cc(-c4ccccc4-c4cc5ccccc5c5ccccc45)c4c(c3)oc3ccccc34)n2)cc1. The Morgan fingerprint density at radius 1 is 0.314 bits per heavy atom. The number of benzene rings is 8. The molecule has 2 heterocycles. The summed E-state index contributed by atoms with van der Waals surface area (Å²) in [6.07, 6.45) is 0. The van der Waals surface area contributed by atoms with Gasteiger partial charge in [-0.2, -0.15) is 0 Å². The van der Waals surface area contributed by atoms with Crippen LogP contribution in [0.3, 0.4) is 0 Å². The zero-order valence-electron chi connectivity index (χ0n) is 27.5. The van der Waals surface area contributed by atoms with Crippen LogP contribution in [0, 0.1) is 0 Å². The van der Waals surface area contributed by atoms with Crippen LogP contribution in [0.25, 0.3) is 99.9 Å². The van der Waals surface area contributed by atoms with Crippen LogP contribution in [0.15, 0.2) is 180 Å². The fraction of sp³-hybridized carbons (Fsp3) is 0. The van der Waals surface area contributed by atoms with Gasteiger partial charge in [-0.15, -0.1) is 0 Å². The van der Waals surface area contributed by atoms with Crippen LogP contribution in [-0.2, 0) is 0 Å². The molecule has 0 saturated heterocycles. The molecular formula is C47H29N3O. The summed E-state index contributed by atoms with van der Waals surface area (Å²) in [5.74, 6) is 1.82. The van der Waals surface area contributed by atoms with E-state index in [4.69, 9.17) is 19.4 Å². The van der Waals surface area contributed by atoms with E-state index in [0.29, 0.717) is 17.5 Å². The Hall–Kier alpha value is -6.91. The van der Waals surface area contributed by atoms with Gasteiger partial charge in [-0.25, -0.2) is 15.0 Å². The first kappa shape index (κ1) is 29.0. The second-order valence-corrected chi connectivity index (χ2v) is 12.8. The van der Waals surface area contributed by atoms with E-state index < -0.39 is 0 Å². The summed E-state index contributed by atoms with van der Waals surface area (Å²) in [5.41, 5.74) is 8.83. The minimum Gasteiger partial charge on any atom is -0.456 e. The molecule has 0 saturated carbocycles. The van der Waals surface area contributed by atoms with Crippen LogP contribution in [0.5, 0.6) is 0 Å². The van der Waals surface area contributed by atoms with Crippen molar-refractivity contribution in [3.8, 4) is 56.4 Å². The smallest absolute Gasteiger partial charge is 0.164 e. The lowest BCUT2D eigenvalue weighted by atomic mass is 9.87. The molecular weight excluding hydrogens is 623 g/mol. The van der Waals surface area contributed by atoms with Crippen LogP contribution in [0.2, 0.25) is 0 Å². The quantitative estimate of drug-likeness (QED) is 0.174. The molecule has 4 heteroatoms. The van der Waals surface area contributed by atoms with Crippen LogP contribution in [0.4, 0.5) is 0 Å². The molecule has 0 unspecified atom stereocenters. The molecule has 0 amide bonds. The fourth-order valence-electron chi connectivity index (χ4n) is 7.36. The second kappa shape index (κ2) is 11.9. The number of furan rings is 1. The lowest BCUT2D eigenvalue weighted by Gasteiger charge is -2.16. The molecule has 0 spiro atoms. The van der Waals surface area contributed by atoms with Gasteiger partial charge >= 0.3 is 0 Å². The predicted octanol–water partition coefficient (Wildman–Crippen LogP) is 12.4. The van der Waals surface area contributed by atoms with E-state index >= 15 is 0 Å². The molecule has 8 aromatic carbocycles. The highest BCUT2D eigenvalue weighted by atomic mass is 16.3. The third-order valence-electron chi connectivity index (χ3n) is 9.71. The summed E-state index contributed by atoms with van der Waals surface area (Å²) in [6.45, 7) is 0. The standard InChI is InChI=1S/C47H29N3O/c1-3-15-30(16-4-1)45-48-46(31-17-5-2-6-18-31)50-47(49-45)33-28-41(44-39-25-13-14-26-42(39)51-43(44)29-33)38-24-12-11-23-37(38)40-27-32-19-7-8-20-34(32)35-21-9-10-22-36(35)40/h1-29H. The minimum absolute atomic E-state index is 0.583. The van der Waals surface area contributed by atoms with Crippen LogP contribution < -0.4 is 0 Å². The Morgan fingerprint density at radius 3 is 1.51 bits per heavy atom. The summed E-state index contributed by atoms with van der Waals surface area (Å²) < 4.78 is 6.61. The van der Waals surface area contributed by atoms with E-state index in [1.165, 1.54) is 27.1 Å². The van der Waals surface area contributed by atoms with Crippen molar-refractivity contribution in [1.82, 2.24) is 15.0 Å². The second-order valence-electron chi connectivity index (χ2n) is 12.8. The molecule has 0 fully saturated rings. The molecule has 2 aromatic heterocycles. The maximum absolute atomic E-state index is 6.61. The van der Waals surface area contributed by atoms with Gasteiger partial charge in [0, 0.05) is 27.5 Å². The number of hydrogen-bond donors (Lipinski definition) is 0. The van der Waals surface area contributed by atoms with Crippen LogP contribution in [0.1, 0.15) is 0 Å². The monoisotopic (exact) mass is 651 g/mol. The third kappa shape index (κ3) is 4.96. The van der Waals surface area contributed by atoms with Gasteiger partial charge < -0.3 is 4.42 Å².